The summed E-state index contributed by atoms with van der Waals surface area (Å²) >= 11 is 1.73. The van der Waals surface area contributed by atoms with Gasteiger partial charge in [0, 0.05) is 23.4 Å². The first-order chi connectivity index (χ1) is 8.19. The molecule has 1 saturated carbocycles. The lowest BCUT2D eigenvalue weighted by atomic mass is 9.77. The quantitative estimate of drug-likeness (QED) is 0.815. The molecule has 1 fully saturated rings. The largest absolute Gasteiger partial charge is 0.299 e. The maximum Gasteiger partial charge on any atom is 0.136 e. The van der Waals surface area contributed by atoms with Gasteiger partial charge in [-0.3, -0.25) is 4.79 Å². The van der Waals surface area contributed by atoms with E-state index in [0.29, 0.717) is 5.78 Å². The molecule has 0 aliphatic heterocycles. The number of aromatic nitrogens is 1. The molecule has 0 spiro atoms. The van der Waals surface area contributed by atoms with Gasteiger partial charge in [-0.15, -0.1) is 11.3 Å². The van der Waals surface area contributed by atoms with Gasteiger partial charge in [-0.1, -0.05) is 19.8 Å². The van der Waals surface area contributed by atoms with Crippen molar-refractivity contribution in [3.63, 3.8) is 0 Å². The van der Waals surface area contributed by atoms with Gasteiger partial charge in [-0.2, -0.15) is 0 Å². The van der Waals surface area contributed by atoms with E-state index in [0.717, 1.165) is 36.6 Å². The minimum Gasteiger partial charge on any atom is -0.299 e. The second-order valence-corrected chi connectivity index (χ2v) is 6.46. The summed E-state index contributed by atoms with van der Waals surface area (Å²) in [4.78, 5) is 17.5. The van der Waals surface area contributed by atoms with E-state index in [1.165, 1.54) is 17.7 Å². The van der Waals surface area contributed by atoms with E-state index in [-0.39, 0.29) is 5.92 Å². The van der Waals surface area contributed by atoms with Gasteiger partial charge >= 0.3 is 0 Å². The Balaban J connectivity index is 1.96. The van der Waals surface area contributed by atoms with E-state index >= 15 is 0 Å². The summed E-state index contributed by atoms with van der Waals surface area (Å²) in [7, 11) is 0. The molecule has 1 aromatic rings. The molecule has 1 aliphatic carbocycles. The summed E-state index contributed by atoms with van der Waals surface area (Å²) in [6.07, 6.45) is 8.40. The summed E-state index contributed by atoms with van der Waals surface area (Å²) in [6, 6.07) is 0. The van der Waals surface area contributed by atoms with Gasteiger partial charge in [-0.25, -0.2) is 4.98 Å². The maximum absolute atomic E-state index is 11.9. The number of thiazole rings is 1. The van der Waals surface area contributed by atoms with Crippen LogP contribution in [0.2, 0.25) is 0 Å². The van der Waals surface area contributed by atoms with E-state index in [4.69, 9.17) is 0 Å². The summed E-state index contributed by atoms with van der Waals surface area (Å²) in [5, 5.41) is 1.10. The molecule has 2 nitrogen and oxygen atoms in total. The SMILES string of the molecule is CCCC1CCC(=O)C(Cc2cnc(C)s2)C1. The Morgan fingerprint density at radius 2 is 2.35 bits per heavy atom. The molecule has 0 amide bonds. The summed E-state index contributed by atoms with van der Waals surface area (Å²) in [5.41, 5.74) is 0. The lowest BCUT2D eigenvalue weighted by molar-refractivity contribution is -0.125. The highest BCUT2D eigenvalue weighted by molar-refractivity contribution is 7.11. The lowest BCUT2D eigenvalue weighted by Gasteiger charge is -2.27. The molecule has 0 saturated heterocycles. The molecular formula is C14H21NOS. The standard InChI is InChI=1S/C14H21NOS/c1-3-4-11-5-6-14(16)12(7-11)8-13-9-15-10(2)17-13/h9,11-12H,3-8H2,1-2H3. The number of carbonyl (C=O) groups excluding carboxylic acids is 1. The van der Waals surface area contributed by atoms with Crippen molar-refractivity contribution in [1.82, 2.24) is 4.98 Å². The van der Waals surface area contributed by atoms with Gasteiger partial charge in [0.15, 0.2) is 0 Å². The number of aryl methyl sites for hydroxylation is 1. The third-order valence-electron chi connectivity index (χ3n) is 3.69. The third-order valence-corrected chi connectivity index (χ3v) is 4.62. The summed E-state index contributed by atoms with van der Waals surface area (Å²) < 4.78 is 0. The normalized spacial score (nSPS) is 25.2. The molecule has 2 rings (SSSR count). The highest BCUT2D eigenvalue weighted by Crippen LogP contribution is 2.32. The van der Waals surface area contributed by atoms with E-state index in [1.54, 1.807) is 11.3 Å². The minimum atomic E-state index is 0.264. The van der Waals surface area contributed by atoms with Crippen molar-refractivity contribution >= 4 is 17.1 Å². The van der Waals surface area contributed by atoms with Gasteiger partial charge < -0.3 is 0 Å². The van der Waals surface area contributed by atoms with Crippen LogP contribution in [-0.4, -0.2) is 10.8 Å². The van der Waals surface area contributed by atoms with Crippen molar-refractivity contribution in [3.05, 3.63) is 16.1 Å². The molecule has 0 bridgehead atoms. The average molecular weight is 251 g/mol. The zero-order valence-electron chi connectivity index (χ0n) is 10.7. The molecule has 2 atom stereocenters. The molecule has 94 valence electrons. The molecule has 1 aliphatic rings. The van der Waals surface area contributed by atoms with Crippen LogP contribution in [0.1, 0.15) is 48.9 Å². The monoisotopic (exact) mass is 251 g/mol. The Bertz CT molecular complexity index is 385. The molecule has 0 N–H and O–H groups in total. The van der Waals surface area contributed by atoms with Crippen LogP contribution >= 0.6 is 11.3 Å². The Morgan fingerprint density at radius 3 is 3.00 bits per heavy atom. The van der Waals surface area contributed by atoms with Crippen LogP contribution < -0.4 is 0 Å². The Morgan fingerprint density at radius 1 is 1.53 bits per heavy atom. The van der Waals surface area contributed by atoms with Crippen molar-refractivity contribution in [1.29, 1.82) is 0 Å². The average Bonchev–Trinajstić information content (AvgIpc) is 2.69. The van der Waals surface area contributed by atoms with Gasteiger partial charge in [0.05, 0.1) is 5.01 Å². The van der Waals surface area contributed by atoms with Gasteiger partial charge in [0.25, 0.3) is 0 Å². The zero-order chi connectivity index (χ0) is 12.3. The van der Waals surface area contributed by atoms with E-state index in [2.05, 4.69) is 11.9 Å². The Hall–Kier alpha value is -0.700. The maximum atomic E-state index is 11.9. The number of Topliss-reactive ketones (excluding diaryl/α,β-unsaturated/α-hetero) is 1. The number of rotatable bonds is 4. The van der Waals surface area contributed by atoms with Crippen LogP contribution in [0.4, 0.5) is 0 Å². The fourth-order valence-corrected chi connectivity index (χ4v) is 3.69. The van der Waals surface area contributed by atoms with Crippen LogP contribution in [-0.2, 0) is 11.2 Å². The van der Waals surface area contributed by atoms with Crippen molar-refractivity contribution in [2.75, 3.05) is 0 Å². The predicted molar refractivity (Wildman–Crippen MR) is 71.3 cm³/mol. The molecule has 1 aromatic heterocycles. The van der Waals surface area contributed by atoms with E-state index in [1.807, 2.05) is 13.1 Å². The van der Waals surface area contributed by atoms with Crippen molar-refractivity contribution in [3.8, 4) is 0 Å². The smallest absolute Gasteiger partial charge is 0.136 e. The molecule has 17 heavy (non-hydrogen) atoms. The van der Waals surface area contributed by atoms with Crippen LogP contribution in [0.15, 0.2) is 6.20 Å². The van der Waals surface area contributed by atoms with Gasteiger partial charge in [0.2, 0.25) is 0 Å². The molecule has 2 unspecified atom stereocenters. The fraction of sp³-hybridized carbons (Fsp3) is 0.714. The fourth-order valence-electron chi connectivity index (χ4n) is 2.81. The second-order valence-electron chi connectivity index (χ2n) is 5.14. The lowest BCUT2D eigenvalue weighted by Crippen LogP contribution is -2.26. The van der Waals surface area contributed by atoms with Crippen LogP contribution in [0.3, 0.4) is 0 Å². The number of ketones is 1. The third kappa shape index (κ3) is 3.38. The second kappa shape index (κ2) is 5.76. The van der Waals surface area contributed by atoms with Gasteiger partial charge in [0.1, 0.15) is 5.78 Å². The summed E-state index contributed by atoms with van der Waals surface area (Å²) in [6.45, 7) is 4.26. The highest BCUT2D eigenvalue weighted by Gasteiger charge is 2.28. The first-order valence-electron chi connectivity index (χ1n) is 6.63. The van der Waals surface area contributed by atoms with Crippen LogP contribution in [0, 0.1) is 18.8 Å². The molecule has 3 heteroatoms. The number of nitrogens with zero attached hydrogens (tertiary/aromatic N) is 1. The van der Waals surface area contributed by atoms with Crippen LogP contribution in [0.5, 0.6) is 0 Å². The van der Waals surface area contributed by atoms with E-state index < -0.39 is 0 Å². The zero-order valence-corrected chi connectivity index (χ0v) is 11.6. The first-order valence-corrected chi connectivity index (χ1v) is 7.44. The molecule has 0 aromatic carbocycles. The van der Waals surface area contributed by atoms with Crippen molar-refractivity contribution in [2.24, 2.45) is 11.8 Å². The number of carbonyl (C=O) groups is 1. The Kier molecular flexibility index (Phi) is 4.32. The van der Waals surface area contributed by atoms with Crippen molar-refractivity contribution in [2.45, 2.75) is 52.4 Å². The number of hydrogen-bond donors (Lipinski definition) is 0. The Labute approximate surface area is 107 Å². The van der Waals surface area contributed by atoms with Gasteiger partial charge in [-0.05, 0) is 32.1 Å². The molecular weight excluding hydrogens is 230 g/mol. The van der Waals surface area contributed by atoms with E-state index in [9.17, 15) is 4.79 Å². The predicted octanol–water partition coefficient (Wildman–Crippen LogP) is 3.78. The highest BCUT2D eigenvalue weighted by atomic mass is 32.1. The minimum absolute atomic E-state index is 0.264. The van der Waals surface area contributed by atoms with Crippen molar-refractivity contribution < 1.29 is 4.79 Å². The first kappa shape index (κ1) is 12.7. The topological polar surface area (TPSA) is 30.0 Å². The van der Waals surface area contributed by atoms with Crippen LogP contribution in [0.25, 0.3) is 0 Å². The molecule has 1 heterocycles. The molecule has 0 radical (unpaired) electrons. The summed E-state index contributed by atoms with van der Waals surface area (Å²) in [5.74, 6) is 1.51. The number of hydrogen-bond acceptors (Lipinski definition) is 3.